The van der Waals surface area contributed by atoms with Crippen molar-refractivity contribution in [1.29, 1.82) is 0 Å². The fourth-order valence-electron chi connectivity index (χ4n) is 4.63. The number of carbonyl (C=O) groups excluding carboxylic acids is 2. The second-order valence-electron chi connectivity index (χ2n) is 9.26. The Bertz CT molecular complexity index is 1020. The smallest absolute Gasteiger partial charge is 0.407 e. The van der Waals surface area contributed by atoms with Gasteiger partial charge in [0.2, 0.25) is 5.91 Å². The van der Waals surface area contributed by atoms with Crippen LogP contribution in [0, 0.1) is 5.41 Å². The number of hydrogen-bond donors (Lipinski definition) is 3. The Hall–Kier alpha value is -3.39. The van der Waals surface area contributed by atoms with Crippen LogP contribution in [0.1, 0.15) is 43.2 Å². The first-order valence-electron chi connectivity index (χ1n) is 11.5. The summed E-state index contributed by atoms with van der Waals surface area (Å²) in [6, 6.07) is 14.7. The van der Waals surface area contributed by atoms with Gasteiger partial charge in [0, 0.05) is 25.7 Å². The molecule has 2 aliphatic rings. The van der Waals surface area contributed by atoms with Crippen LogP contribution >= 0.6 is 0 Å². The fraction of sp³-hybridized carbons (Fsp3) is 0.423. The van der Waals surface area contributed by atoms with Gasteiger partial charge in [-0.1, -0.05) is 55.5 Å². The molecule has 0 saturated carbocycles. The number of rotatable bonds is 8. The van der Waals surface area contributed by atoms with Crippen LogP contribution in [0.3, 0.4) is 0 Å². The summed E-state index contributed by atoms with van der Waals surface area (Å²) in [4.78, 5) is 36.6. The van der Waals surface area contributed by atoms with E-state index in [2.05, 4.69) is 17.6 Å². The first-order chi connectivity index (χ1) is 16.4. The predicted octanol–water partition coefficient (Wildman–Crippen LogP) is 3.30. The second kappa shape index (κ2) is 10.3. The Kier molecular flexibility index (Phi) is 7.17. The summed E-state index contributed by atoms with van der Waals surface area (Å²) in [6.07, 6.45) is 0.254. The highest BCUT2D eigenvalue weighted by Gasteiger charge is 2.32. The molecule has 0 bridgehead atoms. The summed E-state index contributed by atoms with van der Waals surface area (Å²) in [5.74, 6) is -1.85. The number of carbonyl (C=O) groups is 3. The van der Waals surface area contributed by atoms with Gasteiger partial charge in [0.1, 0.15) is 12.6 Å². The van der Waals surface area contributed by atoms with Crippen LogP contribution < -0.4 is 10.6 Å². The van der Waals surface area contributed by atoms with Crippen LogP contribution in [0.15, 0.2) is 48.5 Å². The van der Waals surface area contributed by atoms with Crippen LogP contribution in [-0.2, 0) is 19.1 Å². The molecule has 0 radical (unpaired) electrons. The van der Waals surface area contributed by atoms with Gasteiger partial charge in [0.05, 0.1) is 6.42 Å². The Morgan fingerprint density at radius 1 is 1.06 bits per heavy atom. The lowest BCUT2D eigenvalue weighted by Crippen LogP contribution is -2.50. The summed E-state index contributed by atoms with van der Waals surface area (Å²) in [7, 11) is 0. The number of carboxylic acids is 1. The maximum absolute atomic E-state index is 12.7. The molecule has 8 nitrogen and oxygen atoms in total. The molecule has 34 heavy (non-hydrogen) atoms. The van der Waals surface area contributed by atoms with Gasteiger partial charge in [0.25, 0.3) is 0 Å². The zero-order chi connectivity index (χ0) is 24.1. The molecule has 180 valence electrons. The summed E-state index contributed by atoms with van der Waals surface area (Å²) in [5.41, 5.74) is 4.24. The SMILES string of the molecule is CC1(CNC(=O)C(CC(=O)O)NC(=O)OCC2c3ccccc3-c3ccccc32)CCOCC1. The van der Waals surface area contributed by atoms with E-state index < -0.39 is 30.4 Å². The van der Waals surface area contributed by atoms with E-state index in [0.717, 1.165) is 35.1 Å². The van der Waals surface area contributed by atoms with Crippen LogP contribution in [0.2, 0.25) is 0 Å². The van der Waals surface area contributed by atoms with E-state index in [0.29, 0.717) is 19.8 Å². The number of aliphatic carboxylic acids is 1. The van der Waals surface area contributed by atoms with E-state index in [4.69, 9.17) is 9.47 Å². The topological polar surface area (TPSA) is 114 Å². The Morgan fingerprint density at radius 2 is 1.65 bits per heavy atom. The third-order valence-electron chi connectivity index (χ3n) is 6.72. The average Bonchev–Trinajstić information content (AvgIpc) is 3.15. The van der Waals surface area contributed by atoms with E-state index in [1.165, 1.54) is 0 Å². The monoisotopic (exact) mass is 466 g/mol. The highest BCUT2D eigenvalue weighted by molar-refractivity contribution is 5.89. The lowest BCUT2D eigenvalue weighted by atomic mass is 9.82. The largest absolute Gasteiger partial charge is 0.481 e. The fourth-order valence-corrected chi connectivity index (χ4v) is 4.63. The van der Waals surface area contributed by atoms with Gasteiger partial charge in [-0.25, -0.2) is 4.79 Å². The molecule has 1 atom stereocenters. The molecule has 3 N–H and O–H groups in total. The normalized spacial score (nSPS) is 17.2. The maximum Gasteiger partial charge on any atom is 0.407 e. The zero-order valence-corrected chi connectivity index (χ0v) is 19.2. The minimum atomic E-state index is -1.23. The quantitative estimate of drug-likeness (QED) is 0.550. The molecular weight excluding hydrogens is 436 g/mol. The summed E-state index contributed by atoms with van der Waals surface area (Å²) < 4.78 is 10.9. The third-order valence-corrected chi connectivity index (χ3v) is 6.72. The Morgan fingerprint density at radius 3 is 2.24 bits per heavy atom. The van der Waals surface area contributed by atoms with Crippen molar-refractivity contribution in [3.8, 4) is 11.1 Å². The highest BCUT2D eigenvalue weighted by atomic mass is 16.5. The van der Waals surface area contributed by atoms with Crippen LogP contribution in [0.5, 0.6) is 0 Å². The molecule has 0 aromatic heterocycles. The van der Waals surface area contributed by atoms with Crippen molar-refractivity contribution in [2.24, 2.45) is 5.41 Å². The van der Waals surface area contributed by atoms with Crippen LogP contribution in [0.25, 0.3) is 11.1 Å². The molecule has 2 aromatic carbocycles. The molecule has 1 fully saturated rings. The molecule has 1 saturated heterocycles. The van der Waals surface area contributed by atoms with Gasteiger partial charge >= 0.3 is 12.1 Å². The van der Waals surface area contributed by atoms with Crippen molar-refractivity contribution in [3.63, 3.8) is 0 Å². The van der Waals surface area contributed by atoms with Gasteiger partial charge in [-0.15, -0.1) is 0 Å². The molecule has 1 aliphatic heterocycles. The highest BCUT2D eigenvalue weighted by Crippen LogP contribution is 2.44. The average molecular weight is 467 g/mol. The Labute approximate surface area is 198 Å². The minimum absolute atomic E-state index is 0.0827. The van der Waals surface area contributed by atoms with E-state index in [-0.39, 0.29) is 17.9 Å². The number of carboxylic acid groups (broad SMARTS) is 1. The van der Waals surface area contributed by atoms with Gasteiger partial charge < -0.3 is 25.2 Å². The summed E-state index contributed by atoms with van der Waals surface area (Å²) in [6.45, 7) is 3.78. The van der Waals surface area contributed by atoms with E-state index >= 15 is 0 Å². The van der Waals surface area contributed by atoms with Crippen molar-refractivity contribution in [2.75, 3.05) is 26.4 Å². The summed E-state index contributed by atoms with van der Waals surface area (Å²) in [5, 5.41) is 14.5. The number of fused-ring (bicyclic) bond motifs is 3. The number of amides is 2. The van der Waals surface area contributed by atoms with E-state index in [1.807, 2.05) is 48.5 Å². The number of alkyl carbamates (subject to hydrolysis) is 1. The number of hydrogen-bond acceptors (Lipinski definition) is 5. The van der Waals surface area contributed by atoms with E-state index in [9.17, 15) is 19.5 Å². The maximum atomic E-state index is 12.7. The van der Waals surface area contributed by atoms with Gasteiger partial charge in [0.15, 0.2) is 0 Å². The molecule has 1 aliphatic carbocycles. The molecular formula is C26H30N2O6. The lowest BCUT2D eigenvalue weighted by molar-refractivity contribution is -0.140. The molecule has 2 aromatic rings. The molecule has 4 rings (SSSR count). The van der Waals surface area contributed by atoms with Gasteiger partial charge in [-0.2, -0.15) is 0 Å². The third kappa shape index (κ3) is 5.39. The standard InChI is InChI=1S/C26H30N2O6/c1-26(10-12-33-13-11-26)16-27-24(31)22(14-23(29)30)28-25(32)34-15-21-19-8-4-2-6-17(19)18-7-3-5-9-20(18)21/h2-9,21-22H,10-16H2,1H3,(H,27,31)(H,28,32)(H,29,30). The Balaban J connectivity index is 1.37. The number of benzene rings is 2. The van der Waals surface area contributed by atoms with Gasteiger partial charge in [-0.3, -0.25) is 9.59 Å². The van der Waals surface area contributed by atoms with Gasteiger partial charge in [-0.05, 0) is 40.5 Å². The van der Waals surface area contributed by atoms with Crippen molar-refractivity contribution < 1.29 is 29.0 Å². The second-order valence-corrected chi connectivity index (χ2v) is 9.26. The van der Waals surface area contributed by atoms with Crippen molar-refractivity contribution in [3.05, 3.63) is 59.7 Å². The van der Waals surface area contributed by atoms with Crippen molar-refractivity contribution >= 4 is 18.0 Å². The first-order valence-corrected chi connectivity index (χ1v) is 11.5. The molecule has 8 heteroatoms. The van der Waals surface area contributed by atoms with Crippen molar-refractivity contribution in [1.82, 2.24) is 10.6 Å². The number of nitrogens with one attached hydrogen (secondary N) is 2. The zero-order valence-electron chi connectivity index (χ0n) is 19.2. The number of ether oxygens (including phenoxy) is 2. The molecule has 1 heterocycles. The minimum Gasteiger partial charge on any atom is -0.481 e. The van der Waals surface area contributed by atoms with Crippen LogP contribution in [-0.4, -0.2) is 55.5 Å². The summed E-state index contributed by atoms with van der Waals surface area (Å²) >= 11 is 0. The molecule has 1 unspecified atom stereocenters. The predicted molar refractivity (Wildman–Crippen MR) is 125 cm³/mol. The first kappa shape index (κ1) is 23.8. The molecule has 2 amide bonds. The van der Waals surface area contributed by atoms with Crippen LogP contribution in [0.4, 0.5) is 4.79 Å². The van der Waals surface area contributed by atoms with E-state index in [1.54, 1.807) is 0 Å². The molecule has 0 spiro atoms. The lowest BCUT2D eigenvalue weighted by Gasteiger charge is -2.34. The van der Waals surface area contributed by atoms with Crippen molar-refractivity contribution in [2.45, 2.75) is 38.1 Å².